The molecule has 0 bridgehead atoms. The molecule has 9 atom stereocenters. The first-order chi connectivity index (χ1) is 9.62. The van der Waals surface area contributed by atoms with Crippen LogP contribution in [-0.4, -0.2) is 90.4 Å². The minimum Gasteiger partial charge on any atom is -0.393 e. The van der Waals surface area contributed by atoms with E-state index in [1.807, 2.05) is 0 Å². The van der Waals surface area contributed by atoms with E-state index in [0.29, 0.717) is 0 Å². The molecule has 11 N–H and O–H groups in total. The number of aliphatic hydroxyl groups is 7. The van der Waals surface area contributed by atoms with Crippen molar-refractivity contribution in [3.63, 3.8) is 0 Å². The lowest BCUT2D eigenvalue weighted by Crippen LogP contribution is -2.88. The van der Waals surface area contributed by atoms with Gasteiger partial charge in [0.25, 0.3) is 0 Å². The van der Waals surface area contributed by atoms with Crippen LogP contribution in [0.1, 0.15) is 6.92 Å². The van der Waals surface area contributed by atoms with Crippen molar-refractivity contribution in [1.29, 1.82) is 0 Å². The molecule has 2 aliphatic rings. The zero-order valence-corrected chi connectivity index (χ0v) is 11.5. The van der Waals surface area contributed by atoms with Gasteiger partial charge in [-0.2, -0.15) is 0 Å². The maximum atomic E-state index is 10.4. The number of nitrogens with one attached hydrogen (secondary N) is 2. The highest BCUT2D eigenvalue weighted by atomic mass is 16.4. The van der Waals surface area contributed by atoms with Crippen LogP contribution in [0.2, 0.25) is 0 Å². The van der Waals surface area contributed by atoms with Crippen LogP contribution >= 0.6 is 0 Å². The third-order valence-electron chi connectivity index (χ3n) is 4.75. The molecule has 10 nitrogen and oxygen atoms in total. The van der Waals surface area contributed by atoms with Crippen LogP contribution in [0.5, 0.6) is 0 Å². The van der Waals surface area contributed by atoms with E-state index in [4.69, 9.17) is 5.73 Å². The molecule has 1 saturated heterocycles. The van der Waals surface area contributed by atoms with E-state index < -0.39 is 60.6 Å². The topological polar surface area (TPSA) is 192 Å². The summed E-state index contributed by atoms with van der Waals surface area (Å²) >= 11 is 0. The van der Waals surface area contributed by atoms with E-state index in [0.717, 1.165) is 0 Å². The zero-order valence-electron chi connectivity index (χ0n) is 11.5. The highest BCUT2D eigenvalue weighted by Crippen LogP contribution is 2.44. The third-order valence-corrected chi connectivity index (χ3v) is 4.75. The highest BCUT2D eigenvalue weighted by Gasteiger charge is 2.69. The monoisotopic (exact) mass is 309 g/mol. The largest absolute Gasteiger partial charge is 0.393 e. The Morgan fingerprint density at radius 3 is 2.19 bits per heavy atom. The van der Waals surface area contributed by atoms with Gasteiger partial charge in [0.1, 0.15) is 30.3 Å². The summed E-state index contributed by atoms with van der Waals surface area (Å²) in [5.41, 5.74) is 1.41. The second kappa shape index (κ2) is 5.35. The molecule has 10 heteroatoms. The molecule has 2 fully saturated rings. The first kappa shape index (κ1) is 17.0. The number of hydrogen-bond donors (Lipinski definition) is 10. The quantitative estimate of drug-likeness (QED) is 0.235. The fourth-order valence-corrected chi connectivity index (χ4v) is 3.53. The van der Waals surface area contributed by atoms with Crippen LogP contribution in [0.4, 0.5) is 0 Å². The van der Waals surface area contributed by atoms with Gasteiger partial charge in [0.15, 0.2) is 0 Å². The summed E-state index contributed by atoms with van der Waals surface area (Å²) in [5, 5.41) is 75.5. The summed E-state index contributed by atoms with van der Waals surface area (Å²) in [6.45, 7) is 0.244. The summed E-state index contributed by atoms with van der Waals surface area (Å²) in [6, 6.07) is 0. The molecule has 9 unspecified atom stereocenters. The van der Waals surface area contributed by atoms with Crippen molar-refractivity contribution in [2.75, 3.05) is 6.61 Å². The first-order valence-electron chi connectivity index (χ1n) is 6.65. The standard InChI is InChI=1S/C11H23N3O7/c1-3(16)11-4(8(20)13-9(12)14-11)5(17)10(21,2-15)6(18)7(11)19/h3-9,13-21H,2,12H2,1H3. The summed E-state index contributed by atoms with van der Waals surface area (Å²) in [5.74, 6) is -1.34. The van der Waals surface area contributed by atoms with Gasteiger partial charge in [0.05, 0.1) is 30.3 Å². The maximum Gasteiger partial charge on any atom is 0.142 e. The highest BCUT2D eigenvalue weighted by molar-refractivity contribution is 5.22. The van der Waals surface area contributed by atoms with Crippen molar-refractivity contribution >= 4 is 0 Å². The van der Waals surface area contributed by atoms with Crippen molar-refractivity contribution in [3.8, 4) is 0 Å². The number of fused-ring (bicyclic) bond motifs is 1. The van der Waals surface area contributed by atoms with Crippen LogP contribution in [0.15, 0.2) is 0 Å². The Hall–Kier alpha value is -0.400. The molecule has 21 heavy (non-hydrogen) atoms. The van der Waals surface area contributed by atoms with Crippen LogP contribution in [0, 0.1) is 5.92 Å². The van der Waals surface area contributed by atoms with Gasteiger partial charge >= 0.3 is 0 Å². The molecule has 0 radical (unpaired) electrons. The number of nitrogens with two attached hydrogens (primary N) is 1. The summed E-state index contributed by atoms with van der Waals surface area (Å²) < 4.78 is 0. The van der Waals surface area contributed by atoms with Gasteiger partial charge in [-0.15, -0.1) is 0 Å². The molecule has 1 saturated carbocycles. The SMILES string of the molecule is CC(O)C12NC(N)NC(O)C1C(O)C(O)(CO)C(O)C2O. The van der Waals surface area contributed by atoms with Gasteiger partial charge in [-0.05, 0) is 6.92 Å². The van der Waals surface area contributed by atoms with E-state index in [2.05, 4.69) is 10.6 Å². The van der Waals surface area contributed by atoms with E-state index in [1.165, 1.54) is 6.92 Å². The lowest BCUT2D eigenvalue weighted by atomic mass is 9.58. The molecular weight excluding hydrogens is 286 g/mol. The minimum absolute atomic E-state index is 1.03. The molecule has 0 aromatic heterocycles. The predicted molar refractivity (Wildman–Crippen MR) is 68.2 cm³/mol. The Bertz CT molecular complexity index is 400. The molecule has 1 aliphatic carbocycles. The summed E-state index contributed by atoms with van der Waals surface area (Å²) in [7, 11) is 0. The van der Waals surface area contributed by atoms with Gasteiger partial charge < -0.3 is 41.5 Å². The Kier molecular flexibility index (Phi) is 4.32. The Labute approximate surface area is 120 Å². The predicted octanol–water partition coefficient (Wildman–Crippen LogP) is -5.70. The van der Waals surface area contributed by atoms with Crippen molar-refractivity contribution in [2.24, 2.45) is 11.7 Å². The molecule has 0 spiro atoms. The van der Waals surface area contributed by atoms with Crippen LogP contribution in [-0.2, 0) is 0 Å². The molecule has 1 aliphatic heterocycles. The minimum atomic E-state index is -2.45. The van der Waals surface area contributed by atoms with E-state index in [9.17, 15) is 35.7 Å². The second-order valence-corrected chi connectivity index (χ2v) is 5.85. The van der Waals surface area contributed by atoms with Gasteiger partial charge in [0, 0.05) is 0 Å². The van der Waals surface area contributed by atoms with E-state index in [1.54, 1.807) is 0 Å². The van der Waals surface area contributed by atoms with Gasteiger partial charge in [-0.3, -0.25) is 10.6 Å². The van der Waals surface area contributed by atoms with Crippen LogP contribution in [0.3, 0.4) is 0 Å². The van der Waals surface area contributed by atoms with Gasteiger partial charge in [0.2, 0.25) is 0 Å². The average molecular weight is 309 g/mol. The smallest absolute Gasteiger partial charge is 0.142 e. The molecule has 0 amide bonds. The molecule has 124 valence electrons. The van der Waals surface area contributed by atoms with Gasteiger partial charge in [-0.1, -0.05) is 0 Å². The summed E-state index contributed by atoms with van der Waals surface area (Å²) in [6.07, 6.45) is -9.46. The van der Waals surface area contributed by atoms with Gasteiger partial charge in [-0.25, -0.2) is 0 Å². The van der Waals surface area contributed by atoms with Crippen molar-refractivity contribution in [1.82, 2.24) is 10.6 Å². The molecule has 2 rings (SSSR count). The molecular formula is C11H23N3O7. The average Bonchev–Trinajstić information content (AvgIpc) is 2.41. The fraction of sp³-hybridized carbons (Fsp3) is 1.00. The zero-order chi connectivity index (χ0) is 16.2. The van der Waals surface area contributed by atoms with Crippen LogP contribution in [0.25, 0.3) is 0 Å². The Balaban J connectivity index is 2.56. The third kappa shape index (κ3) is 2.11. The van der Waals surface area contributed by atoms with Crippen molar-refractivity contribution < 1.29 is 35.7 Å². The number of rotatable bonds is 2. The molecule has 0 aromatic carbocycles. The number of hydrogen-bond acceptors (Lipinski definition) is 10. The molecule has 1 heterocycles. The second-order valence-electron chi connectivity index (χ2n) is 5.85. The maximum absolute atomic E-state index is 10.4. The lowest BCUT2D eigenvalue weighted by molar-refractivity contribution is -0.297. The summed E-state index contributed by atoms with van der Waals surface area (Å²) in [4.78, 5) is 0. The Morgan fingerprint density at radius 1 is 1.14 bits per heavy atom. The first-order valence-corrected chi connectivity index (χ1v) is 6.65. The van der Waals surface area contributed by atoms with Crippen LogP contribution < -0.4 is 16.4 Å². The molecule has 0 aromatic rings. The normalized spacial score (nSPS) is 55.9. The Morgan fingerprint density at radius 2 is 1.71 bits per heavy atom. The van der Waals surface area contributed by atoms with E-state index >= 15 is 0 Å². The number of aliphatic hydroxyl groups excluding tert-OH is 6. The van der Waals surface area contributed by atoms with Crippen molar-refractivity contribution in [2.45, 2.75) is 55.0 Å². The van der Waals surface area contributed by atoms with Crippen molar-refractivity contribution in [3.05, 3.63) is 0 Å². The fourth-order valence-electron chi connectivity index (χ4n) is 3.53. The van der Waals surface area contributed by atoms with E-state index in [-0.39, 0.29) is 0 Å². The lowest BCUT2D eigenvalue weighted by Gasteiger charge is -2.62.